The molecule has 0 fully saturated rings. The lowest BCUT2D eigenvalue weighted by molar-refractivity contribution is -0.144. The summed E-state index contributed by atoms with van der Waals surface area (Å²) < 4.78 is 15.0. The van der Waals surface area contributed by atoms with Crippen molar-refractivity contribution in [3.8, 4) is 0 Å². The Labute approximate surface area is 161 Å². The predicted octanol–water partition coefficient (Wildman–Crippen LogP) is 3.19. The number of amides is 1. The van der Waals surface area contributed by atoms with Crippen LogP contribution in [0.15, 0.2) is 36.5 Å². The number of carbonyl (C=O) groups excluding carboxylic acids is 1. The molecule has 28 heavy (non-hydrogen) atoms. The van der Waals surface area contributed by atoms with Gasteiger partial charge >= 0.3 is 5.97 Å². The van der Waals surface area contributed by atoms with Crippen molar-refractivity contribution in [3.63, 3.8) is 0 Å². The van der Waals surface area contributed by atoms with Crippen LogP contribution in [0, 0.1) is 12.7 Å². The Bertz CT molecular complexity index is 1060. The molecule has 0 aliphatic rings. The number of rotatable bonds is 5. The lowest BCUT2D eigenvalue weighted by Gasteiger charge is -2.27. The van der Waals surface area contributed by atoms with E-state index in [-0.39, 0.29) is 17.2 Å². The number of nitrogens with one attached hydrogen (secondary N) is 1. The van der Waals surface area contributed by atoms with Crippen LogP contribution in [0.4, 0.5) is 4.39 Å². The third-order valence-electron chi connectivity index (χ3n) is 4.71. The Hall–Kier alpha value is -3.29. The minimum atomic E-state index is -1.73. The highest BCUT2D eigenvalue weighted by Gasteiger charge is 2.37. The molecule has 1 atom stereocenters. The number of carbonyl (C=O) groups is 2. The van der Waals surface area contributed by atoms with Crippen molar-refractivity contribution in [2.75, 3.05) is 0 Å². The number of benzene rings is 1. The standard InChI is InChI=1S/C20H21FN4O3/c1-11(2)25-17-13(10-22-25)9-16(12(3)23-17)18(26)24-20(4,19(27)28)14-5-7-15(21)8-6-14/h5-11H,1-4H3,(H,24,26)(H,27,28). The van der Waals surface area contributed by atoms with Gasteiger partial charge in [0.1, 0.15) is 5.82 Å². The van der Waals surface area contributed by atoms with E-state index in [1.165, 1.54) is 19.1 Å². The number of carboxylic acid groups (broad SMARTS) is 1. The average molecular weight is 384 g/mol. The molecule has 146 valence electrons. The summed E-state index contributed by atoms with van der Waals surface area (Å²) >= 11 is 0. The summed E-state index contributed by atoms with van der Waals surface area (Å²) in [6, 6.07) is 6.74. The summed E-state index contributed by atoms with van der Waals surface area (Å²) in [5.41, 5.74) is -0.101. The van der Waals surface area contributed by atoms with E-state index >= 15 is 0 Å². The lowest BCUT2D eigenvalue weighted by atomic mass is 9.91. The molecule has 0 saturated carbocycles. The van der Waals surface area contributed by atoms with E-state index < -0.39 is 23.2 Å². The number of fused-ring (bicyclic) bond motifs is 1. The molecule has 0 bridgehead atoms. The molecule has 3 rings (SSSR count). The highest BCUT2D eigenvalue weighted by molar-refractivity contribution is 6.01. The number of halogens is 1. The molecule has 0 aliphatic heterocycles. The van der Waals surface area contributed by atoms with Gasteiger partial charge in [-0.3, -0.25) is 4.79 Å². The normalized spacial score (nSPS) is 13.5. The van der Waals surface area contributed by atoms with Gasteiger partial charge in [0.25, 0.3) is 5.91 Å². The molecule has 2 aromatic heterocycles. The maximum absolute atomic E-state index is 13.2. The summed E-state index contributed by atoms with van der Waals surface area (Å²) in [5, 5.41) is 17.2. The number of nitrogens with zero attached hydrogens (tertiary/aromatic N) is 3. The monoisotopic (exact) mass is 384 g/mol. The van der Waals surface area contributed by atoms with E-state index in [0.717, 1.165) is 12.1 Å². The van der Waals surface area contributed by atoms with Gasteiger partial charge in [0, 0.05) is 11.4 Å². The second-order valence-corrected chi connectivity index (χ2v) is 7.11. The molecule has 0 aliphatic carbocycles. The zero-order valence-electron chi connectivity index (χ0n) is 16.0. The van der Waals surface area contributed by atoms with Gasteiger partial charge in [-0.15, -0.1) is 0 Å². The summed E-state index contributed by atoms with van der Waals surface area (Å²) in [7, 11) is 0. The molecule has 0 saturated heterocycles. The molecular formula is C20H21FN4O3. The first-order valence-corrected chi connectivity index (χ1v) is 8.80. The molecule has 2 N–H and O–H groups in total. The highest BCUT2D eigenvalue weighted by Crippen LogP contribution is 2.24. The van der Waals surface area contributed by atoms with Gasteiger partial charge in [-0.05, 0) is 51.5 Å². The summed E-state index contributed by atoms with van der Waals surface area (Å²) in [6.45, 7) is 7.00. The van der Waals surface area contributed by atoms with E-state index in [2.05, 4.69) is 15.4 Å². The van der Waals surface area contributed by atoms with Crippen LogP contribution in [0.2, 0.25) is 0 Å². The van der Waals surface area contributed by atoms with Gasteiger partial charge in [0.15, 0.2) is 11.2 Å². The fourth-order valence-electron chi connectivity index (χ4n) is 3.00. The summed E-state index contributed by atoms with van der Waals surface area (Å²) in [4.78, 5) is 29.3. The summed E-state index contributed by atoms with van der Waals surface area (Å²) in [5.74, 6) is -2.33. The minimum absolute atomic E-state index is 0.109. The zero-order chi connectivity index (χ0) is 20.6. The van der Waals surface area contributed by atoms with Crippen molar-refractivity contribution >= 4 is 22.9 Å². The van der Waals surface area contributed by atoms with Crippen molar-refractivity contribution in [2.45, 2.75) is 39.3 Å². The van der Waals surface area contributed by atoms with E-state index in [1.807, 2.05) is 13.8 Å². The molecular weight excluding hydrogens is 363 g/mol. The van der Waals surface area contributed by atoms with E-state index in [0.29, 0.717) is 16.7 Å². The van der Waals surface area contributed by atoms with Crippen molar-refractivity contribution < 1.29 is 19.1 Å². The summed E-state index contributed by atoms with van der Waals surface area (Å²) in [6.07, 6.45) is 1.62. The second-order valence-electron chi connectivity index (χ2n) is 7.11. The van der Waals surface area contributed by atoms with Crippen molar-refractivity contribution in [1.29, 1.82) is 0 Å². The number of aromatic nitrogens is 3. The van der Waals surface area contributed by atoms with Gasteiger partial charge in [0.2, 0.25) is 0 Å². The van der Waals surface area contributed by atoms with Crippen LogP contribution >= 0.6 is 0 Å². The van der Waals surface area contributed by atoms with E-state index in [4.69, 9.17) is 0 Å². The van der Waals surface area contributed by atoms with Gasteiger partial charge in [-0.2, -0.15) is 5.10 Å². The number of carboxylic acids is 1. The molecule has 8 heteroatoms. The Kier molecular flexibility index (Phi) is 4.89. The number of hydrogen-bond acceptors (Lipinski definition) is 4. The molecule has 3 aromatic rings. The third-order valence-corrected chi connectivity index (χ3v) is 4.71. The van der Waals surface area contributed by atoms with E-state index in [1.54, 1.807) is 23.9 Å². The molecule has 1 unspecified atom stereocenters. The first-order chi connectivity index (χ1) is 13.1. The Morgan fingerprint density at radius 3 is 2.46 bits per heavy atom. The first-order valence-electron chi connectivity index (χ1n) is 8.80. The SMILES string of the molecule is Cc1nc2c(cnn2C(C)C)cc1C(=O)NC(C)(C(=O)O)c1ccc(F)cc1. The second kappa shape index (κ2) is 7.03. The Morgan fingerprint density at radius 1 is 1.25 bits per heavy atom. The topological polar surface area (TPSA) is 97.1 Å². The smallest absolute Gasteiger partial charge is 0.333 e. The largest absolute Gasteiger partial charge is 0.479 e. The molecule has 1 amide bonds. The minimum Gasteiger partial charge on any atom is -0.479 e. The van der Waals surface area contributed by atoms with Crippen LogP contribution < -0.4 is 5.32 Å². The number of hydrogen-bond donors (Lipinski definition) is 2. The predicted molar refractivity (Wildman–Crippen MR) is 102 cm³/mol. The fraction of sp³-hybridized carbons (Fsp3) is 0.300. The molecule has 0 radical (unpaired) electrons. The average Bonchev–Trinajstić information content (AvgIpc) is 3.04. The van der Waals surface area contributed by atoms with Gasteiger partial charge in [0.05, 0.1) is 17.5 Å². The van der Waals surface area contributed by atoms with Crippen molar-refractivity contribution in [2.24, 2.45) is 0 Å². The van der Waals surface area contributed by atoms with Gasteiger partial charge in [-0.1, -0.05) is 12.1 Å². The van der Waals surface area contributed by atoms with Crippen LogP contribution in [0.3, 0.4) is 0 Å². The maximum Gasteiger partial charge on any atom is 0.333 e. The van der Waals surface area contributed by atoms with E-state index in [9.17, 15) is 19.1 Å². The number of pyridine rings is 1. The third kappa shape index (κ3) is 3.33. The zero-order valence-corrected chi connectivity index (χ0v) is 16.0. The van der Waals surface area contributed by atoms with Gasteiger partial charge in [-0.25, -0.2) is 18.9 Å². The first kappa shape index (κ1) is 19.5. The Morgan fingerprint density at radius 2 is 1.89 bits per heavy atom. The molecule has 2 heterocycles. The van der Waals surface area contributed by atoms with Crippen LogP contribution in [-0.4, -0.2) is 31.7 Å². The van der Waals surface area contributed by atoms with Crippen LogP contribution in [-0.2, 0) is 10.3 Å². The van der Waals surface area contributed by atoms with Crippen molar-refractivity contribution in [3.05, 3.63) is 59.2 Å². The highest BCUT2D eigenvalue weighted by atomic mass is 19.1. The number of aliphatic carboxylic acids is 1. The molecule has 1 aromatic carbocycles. The maximum atomic E-state index is 13.2. The Balaban J connectivity index is 1.99. The van der Waals surface area contributed by atoms with Crippen LogP contribution in [0.5, 0.6) is 0 Å². The van der Waals surface area contributed by atoms with Crippen LogP contribution in [0.25, 0.3) is 11.0 Å². The quantitative estimate of drug-likeness (QED) is 0.704. The fourth-order valence-corrected chi connectivity index (χ4v) is 3.00. The number of aryl methyl sites for hydroxylation is 1. The molecule has 7 nitrogen and oxygen atoms in total. The van der Waals surface area contributed by atoms with Gasteiger partial charge < -0.3 is 10.4 Å². The van der Waals surface area contributed by atoms with Crippen LogP contribution in [0.1, 0.15) is 48.4 Å². The molecule has 0 spiro atoms. The van der Waals surface area contributed by atoms with Crippen molar-refractivity contribution in [1.82, 2.24) is 20.1 Å². The lowest BCUT2D eigenvalue weighted by Crippen LogP contribution is -2.49.